The Balaban J connectivity index is 1.90. The molecule has 0 saturated carbocycles. The van der Waals surface area contributed by atoms with Gasteiger partial charge in [0.25, 0.3) is 5.56 Å². The van der Waals surface area contributed by atoms with Crippen LogP contribution in [0.1, 0.15) is 5.56 Å². The van der Waals surface area contributed by atoms with E-state index < -0.39 is 5.69 Å². The van der Waals surface area contributed by atoms with Crippen LogP contribution in [0.2, 0.25) is 0 Å². The van der Waals surface area contributed by atoms with Crippen LogP contribution < -0.4 is 11.2 Å². The molecule has 0 amide bonds. The third-order valence-electron chi connectivity index (χ3n) is 3.45. The third-order valence-corrected chi connectivity index (χ3v) is 3.45. The molecule has 1 heterocycles. The Bertz CT molecular complexity index is 964. The van der Waals surface area contributed by atoms with Gasteiger partial charge < -0.3 is 0 Å². The van der Waals surface area contributed by atoms with Gasteiger partial charge in [0.15, 0.2) is 0 Å². The SMILES string of the molecule is Cn1c(=O)ccn(N=NCc2cccc3ccccc23)c1=O. The number of rotatable bonds is 3. The van der Waals surface area contributed by atoms with Gasteiger partial charge in [-0.05, 0) is 16.3 Å². The minimum absolute atomic E-state index is 0.358. The summed E-state index contributed by atoms with van der Waals surface area (Å²) in [5, 5.41) is 10.2. The standard InChI is InChI=1S/C16H14N4O2/c1-19-15(21)9-10-20(16(19)22)18-17-11-13-7-4-6-12-5-2-3-8-14(12)13/h2-10H,11H2,1H3. The quantitative estimate of drug-likeness (QED) is 0.694. The minimum Gasteiger partial charge on any atom is -0.269 e. The van der Waals surface area contributed by atoms with Crippen molar-refractivity contribution in [2.45, 2.75) is 6.54 Å². The Morgan fingerprint density at radius 3 is 2.64 bits per heavy atom. The Hall–Kier alpha value is -3.02. The predicted octanol–water partition coefficient (Wildman–Crippen LogP) is 2.12. The molecule has 0 atom stereocenters. The molecule has 3 rings (SSSR count). The molecule has 3 aromatic rings. The number of fused-ring (bicyclic) bond motifs is 1. The van der Waals surface area contributed by atoms with E-state index in [1.165, 1.54) is 19.3 Å². The largest absolute Gasteiger partial charge is 0.352 e. The molecule has 1 aromatic heterocycles. The molecule has 110 valence electrons. The first kappa shape index (κ1) is 13.9. The molecule has 0 aliphatic carbocycles. The topological polar surface area (TPSA) is 68.7 Å². The molecule has 0 spiro atoms. The smallest absolute Gasteiger partial charge is 0.269 e. The molecule has 0 fully saturated rings. The zero-order chi connectivity index (χ0) is 15.5. The van der Waals surface area contributed by atoms with E-state index in [2.05, 4.69) is 10.3 Å². The second kappa shape index (κ2) is 5.77. The average Bonchev–Trinajstić information content (AvgIpc) is 2.55. The highest BCUT2D eigenvalue weighted by Gasteiger charge is 2.01. The van der Waals surface area contributed by atoms with Crippen LogP contribution in [0.15, 0.2) is 74.7 Å². The number of nitrogens with zero attached hydrogens (tertiary/aromatic N) is 4. The van der Waals surface area contributed by atoms with Crippen molar-refractivity contribution in [1.29, 1.82) is 0 Å². The van der Waals surface area contributed by atoms with E-state index in [0.717, 1.165) is 25.6 Å². The van der Waals surface area contributed by atoms with Gasteiger partial charge in [0, 0.05) is 19.3 Å². The lowest BCUT2D eigenvalue weighted by atomic mass is 10.1. The summed E-state index contributed by atoms with van der Waals surface area (Å²) in [5.41, 5.74) is 0.138. The summed E-state index contributed by atoms with van der Waals surface area (Å²) in [4.78, 5) is 23.1. The van der Waals surface area contributed by atoms with Gasteiger partial charge in [-0.2, -0.15) is 9.79 Å². The lowest BCUT2D eigenvalue weighted by Crippen LogP contribution is -2.35. The van der Waals surface area contributed by atoms with E-state index in [0.29, 0.717) is 6.54 Å². The Morgan fingerprint density at radius 1 is 1.00 bits per heavy atom. The number of aromatic nitrogens is 2. The van der Waals surface area contributed by atoms with Crippen molar-refractivity contribution >= 4 is 10.8 Å². The predicted molar refractivity (Wildman–Crippen MR) is 83.8 cm³/mol. The molecule has 0 unspecified atom stereocenters. The molecular weight excluding hydrogens is 280 g/mol. The van der Waals surface area contributed by atoms with Crippen molar-refractivity contribution < 1.29 is 0 Å². The molecule has 2 aromatic carbocycles. The van der Waals surface area contributed by atoms with Crippen molar-refractivity contribution in [3.63, 3.8) is 0 Å². The van der Waals surface area contributed by atoms with E-state index in [-0.39, 0.29) is 5.56 Å². The van der Waals surface area contributed by atoms with Crippen LogP contribution in [0.5, 0.6) is 0 Å². The molecule has 0 aliphatic heterocycles. The first-order valence-corrected chi connectivity index (χ1v) is 6.80. The average molecular weight is 294 g/mol. The molecule has 0 aliphatic rings. The van der Waals surface area contributed by atoms with Crippen LogP contribution in [-0.2, 0) is 13.6 Å². The van der Waals surface area contributed by atoms with Gasteiger partial charge in [0.2, 0.25) is 0 Å². The summed E-state index contributed by atoms with van der Waals surface area (Å²) in [6.45, 7) is 0.358. The van der Waals surface area contributed by atoms with Gasteiger partial charge in [-0.3, -0.25) is 9.36 Å². The fraction of sp³-hybridized carbons (Fsp3) is 0.125. The van der Waals surface area contributed by atoms with Crippen molar-refractivity contribution in [3.05, 3.63) is 81.1 Å². The maximum absolute atomic E-state index is 11.8. The zero-order valence-electron chi connectivity index (χ0n) is 12.0. The highest BCUT2D eigenvalue weighted by atomic mass is 16.2. The van der Waals surface area contributed by atoms with Gasteiger partial charge >= 0.3 is 5.69 Å². The fourth-order valence-electron chi connectivity index (χ4n) is 2.23. The molecule has 22 heavy (non-hydrogen) atoms. The first-order valence-electron chi connectivity index (χ1n) is 6.80. The fourth-order valence-corrected chi connectivity index (χ4v) is 2.23. The summed E-state index contributed by atoms with van der Waals surface area (Å²) < 4.78 is 2.03. The van der Waals surface area contributed by atoms with E-state index in [4.69, 9.17) is 0 Å². The molecule has 0 N–H and O–H groups in total. The van der Waals surface area contributed by atoms with Crippen LogP contribution in [-0.4, -0.2) is 9.24 Å². The lowest BCUT2D eigenvalue weighted by molar-refractivity contribution is 0.632. The number of hydrogen-bond acceptors (Lipinski definition) is 4. The molecule has 6 nitrogen and oxygen atoms in total. The van der Waals surface area contributed by atoms with Gasteiger partial charge in [0.1, 0.15) is 0 Å². The minimum atomic E-state index is -0.519. The zero-order valence-corrected chi connectivity index (χ0v) is 12.0. The van der Waals surface area contributed by atoms with Crippen molar-refractivity contribution in [1.82, 2.24) is 9.24 Å². The second-order valence-electron chi connectivity index (χ2n) is 4.87. The van der Waals surface area contributed by atoms with Crippen LogP contribution in [0.25, 0.3) is 10.8 Å². The maximum Gasteiger partial charge on any atom is 0.352 e. The normalized spacial score (nSPS) is 11.3. The summed E-state index contributed by atoms with van der Waals surface area (Å²) in [7, 11) is 1.40. The van der Waals surface area contributed by atoms with Crippen molar-refractivity contribution in [3.8, 4) is 0 Å². The van der Waals surface area contributed by atoms with Gasteiger partial charge in [-0.1, -0.05) is 47.7 Å². The van der Waals surface area contributed by atoms with Gasteiger partial charge in [-0.25, -0.2) is 4.79 Å². The lowest BCUT2D eigenvalue weighted by Gasteiger charge is -2.03. The van der Waals surface area contributed by atoms with E-state index in [1.54, 1.807) is 0 Å². The highest BCUT2D eigenvalue weighted by Crippen LogP contribution is 2.19. The van der Waals surface area contributed by atoms with Crippen molar-refractivity contribution in [2.75, 3.05) is 0 Å². The Kier molecular flexibility index (Phi) is 3.65. The summed E-state index contributed by atoms with van der Waals surface area (Å²) in [6, 6.07) is 15.3. The van der Waals surface area contributed by atoms with Crippen LogP contribution >= 0.6 is 0 Å². The monoisotopic (exact) mass is 294 g/mol. The maximum atomic E-state index is 11.8. The second-order valence-corrected chi connectivity index (χ2v) is 4.87. The van der Waals surface area contributed by atoms with E-state index in [9.17, 15) is 9.59 Å². The van der Waals surface area contributed by atoms with E-state index >= 15 is 0 Å². The number of benzene rings is 2. The summed E-state index contributed by atoms with van der Waals surface area (Å²) >= 11 is 0. The highest BCUT2D eigenvalue weighted by molar-refractivity contribution is 5.85. The molecular formula is C16H14N4O2. The van der Waals surface area contributed by atoms with Gasteiger partial charge in [0.05, 0.1) is 6.54 Å². The third kappa shape index (κ3) is 2.58. The number of hydrogen-bond donors (Lipinski definition) is 0. The Morgan fingerprint density at radius 2 is 1.77 bits per heavy atom. The molecule has 0 bridgehead atoms. The van der Waals surface area contributed by atoms with Gasteiger partial charge in [-0.15, -0.1) is 0 Å². The van der Waals surface area contributed by atoms with Crippen LogP contribution in [0.4, 0.5) is 0 Å². The Labute approximate surface area is 125 Å². The molecule has 0 radical (unpaired) electrons. The van der Waals surface area contributed by atoms with E-state index in [1.807, 2.05) is 42.5 Å². The van der Waals surface area contributed by atoms with Crippen LogP contribution in [0, 0.1) is 0 Å². The van der Waals surface area contributed by atoms with Crippen molar-refractivity contribution in [2.24, 2.45) is 17.4 Å². The molecule has 0 saturated heterocycles. The summed E-state index contributed by atoms with van der Waals surface area (Å²) in [6.07, 6.45) is 1.32. The first-order chi connectivity index (χ1) is 10.7. The van der Waals surface area contributed by atoms with Crippen LogP contribution in [0.3, 0.4) is 0 Å². The molecule has 6 heteroatoms. The summed E-state index contributed by atoms with van der Waals surface area (Å²) in [5.74, 6) is 0.